The maximum atomic E-state index is 11.2. The van der Waals surface area contributed by atoms with Crippen molar-refractivity contribution in [2.45, 2.75) is 25.7 Å². The molecule has 0 bridgehead atoms. The number of aromatic nitrogens is 1. The quantitative estimate of drug-likeness (QED) is 0.695. The first-order valence-electron chi connectivity index (χ1n) is 9.06. The summed E-state index contributed by atoms with van der Waals surface area (Å²) in [5.41, 5.74) is 10.8. The summed E-state index contributed by atoms with van der Waals surface area (Å²) in [6, 6.07) is 19.4. The molecule has 4 nitrogen and oxygen atoms in total. The summed E-state index contributed by atoms with van der Waals surface area (Å²) < 4.78 is 0. The van der Waals surface area contributed by atoms with Crippen LogP contribution < -0.4 is 5.73 Å². The molecule has 1 heterocycles. The summed E-state index contributed by atoms with van der Waals surface area (Å²) in [6.45, 7) is 4.30. The van der Waals surface area contributed by atoms with E-state index < -0.39 is 5.91 Å². The number of aliphatic hydroxyl groups is 1. The van der Waals surface area contributed by atoms with Crippen LogP contribution in [-0.4, -0.2) is 22.6 Å². The van der Waals surface area contributed by atoms with Gasteiger partial charge in [0, 0.05) is 17.7 Å². The summed E-state index contributed by atoms with van der Waals surface area (Å²) in [5, 5.41) is 9.98. The number of primary amides is 1. The first-order valence-corrected chi connectivity index (χ1v) is 9.06. The zero-order valence-electron chi connectivity index (χ0n) is 15.6. The fourth-order valence-corrected chi connectivity index (χ4v) is 3.13. The molecule has 3 N–H and O–H groups in total. The lowest BCUT2D eigenvalue weighted by Crippen LogP contribution is -2.10. The number of amides is 1. The van der Waals surface area contributed by atoms with E-state index >= 15 is 0 Å². The molecule has 1 atom stereocenters. The Balaban J connectivity index is 1.91. The average molecular weight is 360 g/mol. The molecule has 0 saturated heterocycles. The van der Waals surface area contributed by atoms with Crippen molar-refractivity contribution >= 4 is 5.91 Å². The van der Waals surface area contributed by atoms with Gasteiger partial charge in [-0.1, -0.05) is 50.2 Å². The first-order chi connectivity index (χ1) is 13.0. The second-order valence-corrected chi connectivity index (χ2v) is 6.97. The third-order valence-corrected chi connectivity index (χ3v) is 4.83. The minimum atomic E-state index is -0.442. The second-order valence-electron chi connectivity index (χ2n) is 6.97. The monoisotopic (exact) mass is 360 g/mol. The van der Waals surface area contributed by atoms with Gasteiger partial charge in [-0.25, -0.2) is 0 Å². The van der Waals surface area contributed by atoms with Gasteiger partial charge in [-0.05, 0) is 52.4 Å². The van der Waals surface area contributed by atoms with Crippen molar-refractivity contribution in [3.05, 3.63) is 89.2 Å². The van der Waals surface area contributed by atoms with Crippen LogP contribution in [0.1, 0.15) is 52.9 Å². The molecule has 1 unspecified atom stereocenters. The van der Waals surface area contributed by atoms with Crippen molar-refractivity contribution in [1.82, 2.24) is 4.98 Å². The minimum Gasteiger partial charge on any atom is -0.395 e. The van der Waals surface area contributed by atoms with Crippen LogP contribution >= 0.6 is 0 Å². The Labute approximate surface area is 159 Å². The first kappa shape index (κ1) is 18.8. The number of rotatable bonds is 6. The number of hydrogen-bond donors (Lipinski definition) is 2. The Morgan fingerprint density at radius 3 is 2.15 bits per heavy atom. The van der Waals surface area contributed by atoms with Gasteiger partial charge in [-0.2, -0.15) is 0 Å². The average Bonchev–Trinajstić information content (AvgIpc) is 2.69. The van der Waals surface area contributed by atoms with E-state index in [9.17, 15) is 9.90 Å². The molecular weight excluding hydrogens is 336 g/mol. The Morgan fingerprint density at radius 1 is 0.963 bits per heavy atom. The van der Waals surface area contributed by atoms with Crippen LogP contribution in [0.25, 0.3) is 11.1 Å². The molecule has 0 aliphatic carbocycles. The summed E-state index contributed by atoms with van der Waals surface area (Å²) in [6.07, 6.45) is 1.75. The van der Waals surface area contributed by atoms with Crippen LogP contribution in [0.2, 0.25) is 0 Å². The van der Waals surface area contributed by atoms with E-state index in [2.05, 4.69) is 43.1 Å². The summed E-state index contributed by atoms with van der Waals surface area (Å²) in [7, 11) is 0. The van der Waals surface area contributed by atoms with E-state index in [1.54, 1.807) is 18.3 Å². The van der Waals surface area contributed by atoms with Gasteiger partial charge in [0.05, 0.1) is 12.3 Å². The molecular formula is C23H24N2O2. The SMILES string of the molecule is CC(C)c1ccc(C(CO)c2cc(-c3ccc(C(N)=O)cc3)ccn2)cc1. The fourth-order valence-electron chi connectivity index (χ4n) is 3.13. The number of benzene rings is 2. The van der Waals surface area contributed by atoms with Crippen molar-refractivity contribution in [3.8, 4) is 11.1 Å². The van der Waals surface area contributed by atoms with Gasteiger partial charge in [-0.3, -0.25) is 9.78 Å². The third kappa shape index (κ3) is 4.23. The van der Waals surface area contributed by atoms with Crippen LogP contribution in [0.3, 0.4) is 0 Å². The number of hydrogen-bond acceptors (Lipinski definition) is 3. The fraction of sp³-hybridized carbons (Fsp3) is 0.217. The zero-order chi connectivity index (χ0) is 19.4. The molecule has 1 aromatic heterocycles. The molecule has 3 aromatic rings. The van der Waals surface area contributed by atoms with Gasteiger partial charge < -0.3 is 10.8 Å². The van der Waals surface area contributed by atoms with E-state index in [1.165, 1.54) is 5.56 Å². The molecule has 0 saturated carbocycles. The molecule has 2 aromatic carbocycles. The summed E-state index contributed by atoms with van der Waals surface area (Å²) in [4.78, 5) is 15.7. The van der Waals surface area contributed by atoms with Gasteiger partial charge in [0.25, 0.3) is 0 Å². The molecule has 0 aliphatic heterocycles. The van der Waals surface area contributed by atoms with E-state index in [0.717, 1.165) is 22.4 Å². The number of carbonyl (C=O) groups is 1. The highest BCUT2D eigenvalue weighted by Gasteiger charge is 2.16. The van der Waals surface area contributed by atoms with Gasteiger partial charge in [0.15, 0.2) is 0 Å². The molecule has 4 heteroatoms. The van der Waals surface area contributed by atoms with Crippen LogP contribution in [0.15, 0.2) is 66.9 Å². The van der Waals surface area contributed by atoms with Gasteiger partial charge >= 0.3 is 0 Å². The van der Waals surface area contributed by atoms with Crippen LogP contribution in [-0.2, 0) is 0 Å². The van der Waals surface area contributed by atoms with Gasteiger partial charge in [0.1, 0.15) is 0 Å². The standard InChI is InChI=1S/C23H24N2O2/c1-15(2)16-3-7-18(8-4-16)21(14-26)22-13-20(11-12-25-22)17-5-9-19(10-6-17)23(24)27/h3-13,15,21,26H,14H2,1-2H3,(H2,24,27). The Hall–Kier alpha value is -2.98. The maximum Gasteiger partial charge on any atom is 0.248 e. The molecule has 0 radical (unpaired) electrons. The van der Waals surface area contributed by atoms with Crippen molar-refractivity contribution in [2.75, 3.05) is 6.61 Å². The maximum absolute atomic E-state index is 11.2. The smallest absolute Gasteiger partial charge is 0.248 e. The highest BCUT2D eigenvalue weighted by Crippen LogP contribution is 2.28. The predicted molar refractivity (Wildman–Crippen MR) is 108 cm³/mol. The van der Waals surface area contributed by atoms with Crippen LogP contribution in [0.5, 0.6) is 0 Å². The minimum absolute atomic E-state index is 0.0158. The molecule has 138 valence electrons. The number of pyridine rings is 1. The highest BCUT2D eigenvalue weighted by atomic mass is 16.3. The Kier molecular flexibility index (Phi) is 5.67. The number of nitrogens with zero attached hydrogens (tertiary/aromatic N) is 1. The second kappa shape index (κ2) is 8.14. The molecule has 0 spiro atoms. The van der Waals surface area contributed by atoms with Crippen molar-refractivity contribution in [3.63, 3.8) is 0 Å². The Bertz CT molecular complexity index is 916. The van der Waals surface area contributed by atoms with Crippen LogP contribution in [0, 0.1) is 0 Å². The number of carbonyl (C=O) groups excluding carboxylic acids is 1. The molecule has 1 amide bonds. The highest BCUT2D eigenvalue weighted by molar-refractivity contribution is 5.93. The van der Waals surface area contributed by atoms with Crippen molar-refractivity contribution in [1.29, 1.82) is 0 Å². The molecule has 3 rings (SSSR count). The third-order valence-electron chi connectivity index (χ3n) is 4.83. The van der Waals surface area contributed by atoms with Crippen LogP contribution in [0.4, 0.5) is 0 Å². The Morgan fingerprint density at radius 2 is 1.59 bits per heavy atom. The van der Waals surface area contributed by atoms with Crippen molar-refractivity contribution < 1.29 is 9.90 Å². The zero-order valence-corrected chi connectivity index (χ0v) is 15.6. The lowest BCUT2D eigenvalue weighted by molar-refractivity contribution is 0.100. The lowest BCUT2D eigenvalue weighted by atomic mass is 9.92. The number of aliphatic hydroxyl groups excluding tert-OH is 1. The lowest BCUT2D eigenvalue weighted by Gasteiger charge is -2.16. The van der Waals surface area contributed by atoms with E-state index in [0.29, 0.717) is 11.5 Å². The topological polar surface area (TPSA) is 76.2 Å². The number of nitrogens with two attached hydrogens (primary N) is 1. The van der Waals surface area contributed by atoms with E-state index in [4.69, 9.17) is 5.73 Å². The normalized spacial score (nSPS) is 12.1. The summed E-state index contributed by atoms with van der Waals surface area (Å²) in [5.74, 6) is -0.158. The van der Waals surface area contributed by atoms with Gasteiger partial charge in [-0.15, -0.1) is 0 Å². The molecule has 0 aliphatic rings. The van der Waals surface area contributed by atoms with E-state index in [-0.39, 0.29) is 12.5 Å². The van der Waals surface area contributed by atoms with E-state index in [1.807, 2.05) is 24.3 Å². The molecule has 0 fully saturated rings. The molecule has 27 heavy (non-hydrogen) atoms. The van der Waals surface area contributed by atoms with Crippen molar-refractivity contribution in [2.24, 2.45) is 5.73 Å². The summed E-state index contributed by atoms with van der Waals surface area (Å²) >= 11 is 0. The van der Waals surface area contributed by atoms with Gasteiger partial charge in [0.2, 0.25) is 5.91 Å². The predicted octanol–water partition coefficient (Wildman–Crippen LogP) is 4.10. The largest absolute Gasteiger partial charge is 0.395 e.